The van der Waals surface area contributed by atoms with Gasteiger partial charge in [-0.05, 0) is 68.7 Å². The van der Waals surface area contributed by atoms with Crippen LogP contribution in [0.1, 0.15) is 32.7 Å². The van der Waals surface area contributed by atoms with Gasteiger partial charge in [-0.25, -0.2) is 0 Å². The Kier molecular flexibility index (Phi) is 6.55. The highest BCUT2D eigenvalue weighted by Crippen LogP contribution is 2.32. The van der Waals surface area contributed by atoms with E-state index in [2.05, 4.69) is 54.6 Å². The molecule has 1 saturated heterocycles. The van der Waals surface area contributed by atoms with Gasteiger partial charge in [0.05, 0.1) is 5.69 Å². The van der Waals surface area contributed by atoms with Crippen molar-refractivity contribution < 1.29 is 9.53 Å². The van der Waals surface area contributed by atoms with Gasteiger partial charge in [0.25, 0.3) is 0 Å². The Morgan fingerprint density at radius 2 is 1.87 bits per heavy atom. The molecule has 30 heavy (non-hydrogen) atoms. The smallest absolute Gasteiger partial charge is 0.227 e. The van der Waals surface area contributed by atoms with Crippen LogP contribution < -0.4 is 5.32 Å². The number of carbonyl (C=O) groups excluding carboxylic acids is 1. The lowest BCUT2D eigenvalue weighted by atomic mass is 9.99. The summed E-state index contributed by atoms with van der Waals surface area (Å²) in [6.07, 6.45) is 3.43. The van der Waals surface area contributed by atoms with Crippen molar-refractivity contribution in [2.24, 2.45) is 5.92 Å². The van der Waals surface area contributed by atoms with Crippen LogP contribution in [0, 0.1) is 5.92 Å². The van der Waals surface area contributed by atoms with E-state index < -0.39 is 0 Å². The topological polar surface area (TPSA) is 56.2 Å². The van der Waals surface area contributed by atoms with Crippen molar-refractivity contribution in [1.29, 1.82) is 0 Å². The lowest BCUT2D eigenvalue weighted by molar-refractivity contribution is -0.122. The number of hydrogen-bond donors (Lipinski definition) is 1. The predicted octanol–water partition coefficient (Wildman–Crippen LogP) is 5.65. The van der Waals surface area contributed by atoms with Crippen LogP contribution in [0.3, 0.4) is 0 Å². The number of carbonyl (C=O) groups is 1. The van der Waals surface area contributed by atoms with Gasteiger partial charge in [0, 0.05) is 46.8 Å². The van der Waals surface area contributed by atoms with Crippen LogP contribution in [0.5, 0.6) is 0 Å². The number of nitrogens with one attached hydrogen (secondary N) is 1. The van der Waals surface area contributed by atoms with Gasteiger partial charge in [-0.3, -0.25) is 9.48 Å². The summed E-state index contributed by atoms with van der Waals surface area (Å²) in [6, 6.07) is 18.9. The van der Waals surface area contributed by atoms with E-state index in [1.54, 1.807) is 11.8 Å². The monoisotopic (exact) mass is 421 g/mol. The maximum Gasteiger partial charge on any atom is 0.227 e. The average molecular weight is 422 g/mol. The second-order valence-electron chi connectivity index (χ2n) is 7.78. The van der Waals surface area contributed by atoms with Gasteiger partial charge in [-0.1, -0.05) is 30.0 Å². The molecule has 4 rings (SSSR count). The molecule has 3 aromatic rings. The molecule has 0 spiro atoms. The number of amides is 1. The van der Waals surface area contributed by atoms with Crippen molar-refractivity contribution >= 4 is 23.4 Å². The van der Waals surface area contributed by atoms with E-state index >= 15 is 0 Å². The highest BCUT2D eigenvalue weighted by atomic mass is 32.2. The van der Waals surface area contributed by atoms with Crippen molar-refractivity contribution in [2.45, 2.75) is 42.5 Å². The molecule has 2 aromatic carbocycles. The van der Waals surface area contributed by atoms with Crippen LogP contribution in [0.15, 0.2) is 70.6 Å². The Morgan fingerprint density at radius 1 is 1.10 bits per heavy atom. The second-order valence-corrected chi connectivity index (χ2v) is 8.93. The van der Waals surface area contributed by atoms with Crippen LogP contribution in [0.25, 0.3) is 11.3 Å². The van der Waals surface area contributed by atoms with E-state index in [4.69, 9.17) is 4.74 Å². The maximum atomic E-state index is 12.5. The molecule has 1 fully saturated rings. The number of aromatic nitrogens is 2. The SMILES string of the molecule is CC(C)n1nccc1-c1ccc(Sc2cccc(NC(=O)C3CCOCC3)c2)cc1. The summed E-state index contributed by atoms with van der Waals surface area (Å²) in [7, 11) is 0. The van der Waals surface area contributed by atoms with E-state index in [0.29, 0.717) is 19.3 Å². The maximum absolute atomic E-state index is 12.5. The molecule has 6 heteroatoms. The third kappa shape index (κ3) is 4.94. The Hall–Kier alpha value is -2.57. The molecule has 1 N–H and O–H groups in total. The van der Waals surface area contributed by atoms with Crippen LogP contribution in [-0.4, -0.2) is 28.9 Å². The van der Waals surface area contributed by atoms with Crippen molar-refractivity contribution in [3.05, 3.63) is 60.8 Å². The Morgan fingerprint density at radius 3 is 2.60 bits per heavy atom. The molecule has 1 amide bonds. The predicted molar refractivity (Wildman–Crippen MR) is 121 cm³/mol. The molecule has 1 aliphatic rings. The van der Waals surface area contributed by atoms with Crippen LogP contribution in [0.4, 0.5) is 5.69 Å². The average Bonchev–Trinajstić information content (AvgIpc) is 3.25. The lowest BCUT2D eigenvalue weighted by Gasteiger charge is -2.21. The summed E-state index contributed by atoms with van der Waals surface area (Å²) in [4.78, 5) is 14.7. The standard InChI is InChI=1S/C24H27N3O2S/c1-17(2)27-23(10-13-25-27)18-6-8-21(9-7-18)30-22-5-3-4-20(16-22)26-24(28)19-11-14-29-15-12-19/h3-10,13,16-17,19H,11-12,14-15H2,1-2H3,(H,26,28). The minimum absolute atomic E-state index is 0.0434. The summed E-state index contributed by atoms with van der Waals surface area (Å²) >= 11 is 1.69. The summed E-state index contributed by atoms with van der Waals surface area (Å²) in [6.45, 7) is 5.60. The zero-order chi connectivity index (χ0) is 20.9. The van der Waals surface area contributed by atoms with E-state index in [1.165, 1.54) is 0 Å². The first-order chi connectivity index (χ1) is 14.6. The summed E-state index contributed by atoms with van der Waals surface area (Å²) in [5.41, 5.74) is 3.12. The first-order valence-electron chi connectivity index (χ1n) is 10.4. The molecule has 0 unspecified atom stereocenters. The van der Waals surface area contributed by atoms with E-state index in [9.17, 15) is 4.79 Å². The van der Waals surface area contributed by atoms with Crippen LogP contribution in [0.2, 0.25) is 0 Å². The molecule has 156 valence electrons. The van der Waals surface area contributed by atoms with E-state index in [-0.39, 0.29) is 11.8 Å². The van der Waals surface area contributed by atoms with Gasteiger partial charge in [0.2, 0.25) is 5.91 Å². The van der Waals surface area contributed by atoms with Gasteiger partial charge in [-0.15, -0.1) is 0 Å². The Bertz CT molecular complexity index is 992. The van der Waals surface area contributed by atoms with Crippen LogP contribution in [-0.2, 0) is 9.53 Å². The highest BCUT2D eigenvalue weighted by molar-refractivity contribution is 7.99. The summed E-state index contributed by atoms with van der Waals surface area (Å²) < 4.78 is 7.38. The Labute approximate surface area is 181 Å². The molecule has 0 atom stereocenters. The fourth-order valence-electron chi connectivity index (χ4n) is 3.63. The third-order valence-electron chi connectivity index (χ3n) is 5.24. The van der Waals surface area contributed by atoms with Crippen molar-refractivity contribution in [3.8, 4) is 11.3 Å². The first-order valence-corrected chi connectivity index (χ1v) is 11.2. The minimum Gasteiger partial charge on any atom is -0.381 e. The molecule has 0 aliphatic carbocycles. The molecular weight excluding hydrogens is 394 g/mol. The number of rotatable bonds is 6. The summed E-state index contributed by atoms with van der Waals surface area (Å²) in [5.74, 6) is 0.133. The van der Waals surface area contributed by atoms with Crippen LogP contribution >= 0.6 is 11.8 Å². The largest absolute Gasteiger partial charge is 0.381 e. The molecular formula is C24H27N3O2S. The molecule has 0 radical (unpaired) electrons. The zero-order valence-corrected chi connectivity index (χ0v) is 18.2. The van der Waals surface area contributed by atoms with E-state index in [1.807, 2.05) is 35.1 Å². The molecule has 0 bridgehead atoms. The van der Waals surface area contributed by atoms with Gasteiger partial charge in [0.1, 0.15) is 0 Å². The third-order valence-corrected chi connectivity index (χ3v) is 6.24. The fraction of sp³-hybridized carbons (Fsp3) is 0.333. The number of anilines is 1. The quantitative estimate of drug-likeness (QED) is 0.559. The zero-order valence-electron chi connectivity index (χ0n) is 17.4. The number of nitrogens with zero attached hydrogens (tertiary/aromatic N) is 2. The highest BCUT2D eigenvalue weighted by Gasteiger charge is 2.21. The second kappa shape index (κ2) is 9.49. The molecule has 0 saturated carbocycles. The van der Waals surface area contributed by atoms with Crippen molar-refractivity contribution in [3.63, 3.8) is 0 Å². The number of ether oxygens (including phenoxy) is 1. The van der Waals surface area contributed by atoms with Crippen molar-refractivity contribution in [1.82, 2.24) is 9.78 Å². The van der Waals surface area contributed by atoms with Gasteiger partial charge in [0.15, 0.2) is 0 Å². The van der Waals surface area contributed by atoms with Gasteiger partial charge >= 0.3 is 0 Å². The molecule has 5 nitrogen and oxygen atoms in total. The Balaban J connectivity index is 1.42. The number of hydrogen-bond acceptors (Lipinski definition) is 4. The summed E-state index contributed by atoms with van der Waals surface area (Å²) in [5, 5.41) is 7.48. The normalized spacial score (nSPS) is 14.8. The molecule has 1 aromatic heterocycles. The number of benzene rings is 2. The molecule has 2 heterocycles. The molecule has 1 aliphatic heterocycles. The fourth-order valence-corrected chi connectivity index (χ4v) is 4.50. The first kappa shape index (κ1) is 20.7. The minimum atomic E-state index is 0.0434. The van der Waals surface area contributed by atoms with Gasteiger partial charge < -0.3 is 10.1 Å². The van der Waals surface area contributed by atoms with Gasteiger partial charge in [-0.2, -0.15) is 5.10 Å². The lowest BCUT2D eigenvalue weighted by Crippen LogP contribution is -2.28. The van der Waals surface area contributed by atoms with Crippen molar-refractivity contribution in [2.75, 3.05) is 18.5 Å². The van der Waals surface area contributed by atoms with E-state index in [0.717, 1.165) is 39.6 Å².